The van der Waals surface area contributed by atoms with Crippen molar-refractivity contribution >= 4 is 22.6 Å². The first kappa shape index (κ1) is 16.2. The Morgan fingerprint density at radius 1 is 1.29 bits per heavy atom. The van der Waals surface area contributed by atoms with E-state index in [0.717, 1.165) is 29.2 Å². The molecule has 2 rings (SSSR count). The Kier molecular flexibility index (Phi) is 4.52. The zero-order chi connectivity index (χ0) is 15.8. The van der Waals surface area contributed by atoms with Crippen LogP contribution in [0.2, 0.25) is 0 Å². The molecule has 3 nitrogen and oxygen atoms in total. The molecule has 4 heteroatoms. The number of ether oxygens (including phenoxy) is 1. The van der Waals surface area contributed by atoms with Crippen LogP contribution in [0.1, 0.15) is 45.8 Å². The number of benzene rings is 1. The molecule has 0 bridgehead atoms. The van der Waals surface area contributed by atoms with Gasteiger partial charge in [0.2, 0.25) is 0 Å². The predicted molar refractivity (Wildman–Crippen MR) is 89.2 cm³/mol. The molecule has 2 aromatic rings. The molecule has 0 radical (unpaired) electrons. The molecule has 116 valence electrons. The predicted octanol–water partition coefficient (Wildman–Crippen LogP) is 5.03. The molecule has 0 fully saturated rings. The Labute approximate surface area is 132 Å². The summed E-state index contributed by atoms with van der Waals surface area (Å²) >= 11 is 6.34. The van der Waals surface area contributed by atoms with E-state index in [1.165, 1.54) is 0 Å². The number of nitrogens with zero attached hydrogens (tertiary/aromatic N) is 2. The molecule has 2 unspecified atom stereocenters. The number of hydrogen-bond acceptors (Lipinski definition) is 2. The lowest BCUT2D eigenvalue weighted by Gasteiger charge is -2.28. The Bertz CT molecular complexity index is 625. The summed E-state index contributed by atoms with van der Waals surface area (Å²) in [4.78, 5) is 4.71. The summed E-state index contributed by atoms with van der Waals surface area (Å²) in [6.07, 6.45) is 0. The van der Waals surface area contributed by atoms with Crippen molar-refractivity contribution in [2.75, 3.05) is 7.11 Å². The van der Waals surface area contributed by atoms with Crippen molar-refractivity contribution in [1.29, 1.82) is 0 Å². The topological polar surface area (TPSA) is 27.1 Å². The van der Waals surface area contributed by atoms with Gasteiger partial charge in [0.15, 0.2) is 0 Å². The van der Waals surface area contributed by atoms with Gasteiger partial charge >= 0.3 is 0 Å². The van der Waals surface area contributed by atoms with Crippen LogP contribution in [0.25, 0.3) is 11.0 Å². The van der Waals surface area contributed by atoms with E-state index in [1.54, 1.807) is 7.11 Å². The van der Waals surface area contributed by atoms with Crippen molar-refractivity contribution in [2.45, 2.75) is 46.5 Å². The summed E-state index contributed by atoms with van der Waals surface area (Å²) < 4.78 is 7.54. The molecule has 21 heavy (non-hydrogen) atoms. The van der Waals surface area contributed by atoms with E-state index in [2.05, 4.69) is 38.3 Å². The highest BCUT2D eigenvalue weighted by atomic mass is 35.5. The zero-order valence-corrected chi connectivity index (χ0v) is 14.5. The lowest BCUT2D eigenvalue weighted by Crippen LogP contribution is -2.23. The molecule has 0 aliphatic rings. The first-order valence-corrected chi connectivity index (χ1v) is 7.86. The first-order valence-electron chi connectivity index (χ1n) is 7.42. The molecular formula is C17H25ClN2O. The molecular weight excluding hydrogens is 284 g/mol. The lowest BCUT2D eigenvalue weighted by molar-refractivity contribution is 0.233. The molecule has 0 N–H and O–H groups in total. The molecule has 0 aliphatic carbocycles. The standard InChI is InChI=1S/C17H25ClN2O/c1-11(17(3,4)5)10-20-15-8-7-13(21-6)9-14(15)19-16(20)12(2)18/h7-9,11-12H,10H2,1-6H3. The van der Waals surface area contributed by atoms with E-state index in [0.29, 0.717) is 5.92 Å². The van der Waals surface area contributed by atoms with Gasteiger partial charge in [0.1, 0.15) is 11.6 Å². The third-order valence-corrected chi connectivity index (χ3v) is 4.47. The molecule has 0 saturated carbocycles. The minimum absolute atomic E-state index is 0.115. The normalized spacial score (nSPS) is 15.2. The van der Waals surface area contributed by atoms with Gasteiger partial charge in [0, 0.05) is 12.6 Å². The van der Waals surface area contributed by atoms with E-state index < -0.39 is 0 Å². The molecule has 2 atom stereocenters. The van der Waals surface area contributed by atoms with Crippen LogP contribution >= 0.6 is 11.6 Å². The number of halogens is 1. The molecule has 0 saturated heterocycles. The maximum atomic E-state index is 6.34. The number of hydrogen-bond donors (Lipinski definition) is 0. The van der Waals surface area contributed by atoms with Gasteiger partial charge in [-0.05, 0) is 30.4 Å². The molecule has 1 aromatic heterocycles. The number of aromatic nitrogens is 2. The number of methoxy groups -OCH3 is 1. The summed E-state index contributed by atoms with van der Waals surface area (Å²) in [7, 11) is 1.67. The van der Waals surface area contributed by atoms with Crippen LogP contribution in [-0.2, 0) is 6.54 Å². The maximum Gasteiger partial charge on any atom is 0.127 e. The largest absolute Gasteiger partial charge is 0.497 e. The fraction of sp³-hybridized carbons (Fsp3) is 0.588. The summed E-state index contributed by atoms with van der Waals surface area (Å²) in [5.74, 6) is 2.27. The zero-order valence-electron chi connectivity index (χ0n) is 13.8. The quantitative estimate of drug-likeness (QED) is 0.741. The van der Waals surface area contributed by atoms with Gasteiger partial charge in [-0.1, -0.05) is 27.7 Å². The SMILES string of the molecule is COc1ccc2c(c1)nc(C(C)Cl)n2CC(C)C(C)(C)C. The van der Waals surface area contributed by atoms with Crippen LogP contribution in [-0.4, -0.2) is 16.7 Å². The Balaban J connectivity index is 2.51. The molecule has 1 aromatic carbocycles. The van der Waals surface area contributed by atoms with Gasteiger partial charge in [0.05, 0.1) is 23.5 Å². The highest BCUT2D eigenvalue weighted by Gasteiger charge is 2.23. The molecule has 0 amide bonds. The van der Waals surface area contributed by atoms with E-state index in [9.17, 15) is 0 Å². The maximum absolute atomic E-state index is 6.34. The average molecular weight is 309 g/mol. The van der Waals surface area contributed by atoms with Crippen LogP contribution in [0.5, 0.6) is 5.75 Å². The monoisotopic (exact) mass is 308 g/mol. The van der Waals surface area contributed by atoms with E-state index in [4.69, 9.17) is 21.3 Å². The Morgan fingerprint density at radius 3 is 2.48 bits per heavy atom. The molecule has 0 spiro atoms. The van der Waals surface area contributed by atoms with Crippen LogP contribution in [0.4, 0.5) is 0 Å². The Hall–Kier alpha value is -1.22. The minimum Gasteiger partial charge on any atom is -0.497 e. The summed E-state index contributed by atoms with van der Waals surface area (Å²) in [5, 5.41) is -0.115. The molecule has 0 aliphatic heterocycles. The average Bonchev–Trinajstić information content (AvgIpc) is 2.75. The second-order valence-corrected chi connectivity index (χ2v) is 7.47. The number of imidazole rings is 1. The number of rotatable bonds is 4. The van der Waals surface area contributed by atoms with Crippen LogP contribution < -0.4 is 4.74 Å². The lowest BCUT2D eigenvalue weighted by atomic mass is 9.82. The smallest absolute Gasteiger partial charge is 0.127 e. The van der Waals surface area contributed by atoms with E-state index in [-0.39, 0.29) is 10.8 Å². The van der Waals surface area contributed by atoms with Crippen molar-refractivity contribution in [3.8, 4) is 5.75 Å². The number of alkyl halides is 1. The van der Waals surface area contributed by atoms with E-state index in [1.807, 2.05) is 19.1 Å². The van der Waals surface area contributed by atoms with Crippen molar-refractivity contribution in [2.24, 2.45) is 11.3 Å². The van der Waals surface area contributed by atoms with Crippen molar-refractivity contribution < 1.29 is 4.74 Å². The second-order valence-electron chi connectivity index (χ2n) is 6.82. The molecule has 1 heterocycles. The van der Waals surface area contributed by atoms with Gasteiger partial charge in [-0.15, -0.1) is 11.6 Å². The van der Waals surface area contributed by atoms with Crippen molar-refractivity contribution in [3.63, 3.8) is 0 Å². The Morgan fingerprint density at radius 2 is 1.95 bits per heavy atom. The van der Waals surface area contributed by atoms with Crippen molar-refractivity contribution in [1.82, 2.24) is 9.55 Å². The summed E-state index contributed by atoms with van der Waals surface area (Å²) in [5.41, 5.74) is 2.31. The van der Waals surface area contributed by atoms with Gasteiger partial charge in [0.25, 0.3) is 0 Å². The fourth-order valence-corrected chi connectivity index (χ4v) is 2.47. The van der Waals surface area contributed by atoms with Crippen molar-refractivity contribution in [3.05, 3.63) is 24.0 Å². The summed E-state index contributed by atoms with van der Waals surface area (Å²) in [6.45, 7) is 12.0. The third kappa shape index (κ3) is 3.34. The van der Waals surface area contributed by atoms with Crippen LogP contribution in [0.3, 0.4) is 0 Å². The first-order chi connectivity index (χ1) is 9.74. The highest BCUT2D eigenvalue weighted by molar-refractivity contribution is 6.20. The number of fused-ring (bicyclic) bond motifs is 1. The van der Waals surface area contributed by atoms with Gasteiger partial charge < -0.3 is 9.30 Å². The van der Waals surface area contributed by atoms with Gasteiger partial charge in [-0.2, -0.15) is 0 Å². The minimum atomic E-state index is -0.115. The van der Waals surface area contributed by atoms with Crippen LogP contribution in [0, 0.1) is 11.3 Å². The summed E-state index contributed by atoms with van der Waals surface area (Å²) in [6, 6.07) is 6.01. The van der Waals surface area contributed by atoms with Crippen LogP contribution in [0.15, 0.2) is 18.2 Å². The highest BCUT2D eigenvalue weighted by Crippen LogP contribution is 2.32. The van der Waals surface area contributed by atoms with E-state index >= 15 is 0 Å². The van der Waals surface area contributed by atoms with Gasteiger partial charge in [-0.25, -0.2) is 4.98 Å². The second kappa shape index (κ2) is 5.88. The fourth-order valence-electron chi connectivity index (χ4n) is 2.30. The third-order valence-electron chi connectivity index (χ3n) is 4.28. The van der Waals surface area contributed by atoms with Gasteiger partial charge in [-0.3, -0.25) is 0 Å².